The third kappa shape index (κ3) is 4.99. The molecule has 3 nitrogen and oxygen atoms in total. The molecule has 0 unspecified atom stereocenters. The molecule has 0 spiro atoms. The minimum Gasteiger partial charge on any atom is -0.343 e. The monoisotopic (exact) mass is 396 g/mol. The van der Waals surface area contributed by atoms with Gasteiger partial charge in [-0.25, -0.2) is 0 Å². The number of rotatable bonds is 7. The highest BCUT2D eigenvalue weighted by Gasteiger charge is 2.08. The highest BCUT2D eigenvalue weighted by atomic mass is 79.9. The highest BCUT2D eigenvalue weighted by Crippen LogP contribution is 2.32. The quantitative estimate of drug-likeness (QED) is 0.712. The average Bonchev–Trinajstić information content (AvgIpc) is 2.66. The molecule has 0 aliphatic heterocycles. The van der Waals surface area contributed by atoms with E-state index in [1.54, 1.807) is 11.3 Å². The van der Waals surface area contributed by atoms with Crippen molar-refractivity contribution >= 4 is 49.1 Å². The Kier molecular flexibility index (Phi) is 7.44. The van der Waals surface area contributed by atoms with Crippen molar-refractivity contribution in [3.05, 3.63) is 19.2 Å². The van der Waals surface area contributed by atoms with Crippen LogP contribution < -0.4 is 5.32 Å². The summed E-state index contributed by atoms with van der Waals surface area (Å²) in [5.74, 6) is 0.223. The van der Waals surface area contributed by atoms with E-state index < -0.39 is 0 Å². The molecule has 1 aromatic heterocycles. The molecule has 1 aromatic rings. The third-order valence-electron chi connectivity index (χ3n) is 2.63. The number of halogens is 2. The van der Waals surface area contributed by atoms with Crippen LogP contribution in [0.2, 0.25) is 0 Å². The Hall–Kier alpha value is 0.0900. The molecule has 1 N–H and O–H groups in total. The molecule has 0 saturated carbocycles. The van der Waals surface area contributed by atoms with Crippen molar-refractivity contribution < 1.29 is 4.79 Å². The summed E-state index contributed by atoms with van der Waals surface area (Å²) in [6.07, 6.45) is 0.565. The Morgan fingerprint density at radius 2 is 2.06 bits per heavy atom. The van der Waals surface area contributed by atoms with Crippen LogP contribution in [0.15, 0.2) is 14.3 Å². The Morgan fingerprint density at radius 3 is 2.56 bits per heavy atom. The van der Waals surface area contributed by atoms with Crippen molar-refractivity contribution in [2.45, 2.75) is 26.8 Å². The number of nitrogens with zero attached hydrogens (tertiary/aromatic N) is 1. The van der Waals surface area contributed by atoms with Gasteiger partial charge in [-0.1, -0.05) is 0 Å². The number of hydrogen-bond acceptors (Lipinski definition) is 3. The smallest absolute Gasteiger partial charge is 0.223 e. The lowest BCUT2D eigenvalue weighted by atomic mass is 10.3. The third-order valence-corrected chi connectivity index (χ3v) is 5.88. The molecule has 0 aromatic carbocycles. The zero-order chi connectivity index (χ0) is 13.5. The summed E-state index contributed by atoms with van der Waals surface area (Å²) in [6.45, 7) is 7.13. The first-order chi connectivity index (χ1) is 8.58. The van der Waals surface area contributed by atoms with Gasteiger partial charge in [-0.3, -0.25) is 4.79 Å². The Labute approximate surface area is 129 Å². The Morgan fingerprint density at radius 1 is 1.39 bits per heavy atom. The SMILES string of the molecule is CCN(CC)C(=O)CCNCc1cc(Br)c(Br)s1. The van der Waals surface area contributed by atoms with Gasteiger partial charge >= 0.3 is 0 Å². The molecule has 102 valence electrons. The van der Waals surface area contributed by atoms with E-state index in [4.69, 9.17) is 0 Å². The number of hydrogen-bond donors (Lipinski definition) is 1. The summed E-state index contributed by atoms with van der Waals surface area (Å²) in [7, 11) is 0. The fourth-order valence-electron chi connectivity index (χ4n) is 1.62. The molecule has 1 heterocycles. The first-order valence-electron chi connectivity index (χ1n) is 6.00. The predicted octanol–water partition coefficient (Wildman–Crippen LogP) is 3.62. The second kappa shape index (κ2) is 8.30. The zero-order valence-corrected chi connectivity index (χ0v) is 14.6. The summed E-state index contributed by atoms with van der Waals surface area (Å²) in [5, 5.41) is 3.30. The van der Waals surface area contributed by atoms with Crippen molar-refractivity contribution in [2.75, 3.05) is 19.6 Å². The van der Waals surface area contributed by atoms with Gasteiger partial charge in [0.2, 0.25) is 5.91 Å². The van der Waals surface area contributed by atoms with Crippen LogP contribution in [0.25, 0.3) is 0 Å². The summed E-state index contributed by atoms with van der Waals surface area (Å²) < 4.78 is 2.20. The van der Waals surface area contributed by atoms with Crippen LogP contribution in [0.1, 0.15) is 25.1 Å². The molecule has 6 heteroatoms. The average molecular weight is 398 g/mol. The molecule has 1 amide bonds. The van der Waals surface area contributed by atoms with Crippen LogP contribution in [-0.4, -0.2) is 30.4 Å². The lowest BCUT2D eigenvalue weighted by Gasteiger charge is -2.18. The van der Waals surface area contributed by atoms with Crippen LogP contribution in [0, 0.1) is 0 Å². The molecule has 0 fully saturated rings. The van der Waals surface area contributed by atoms with Crippen LogP contribution in [0.5, 0.6) is 0 Å². The van der Waals surface area contributed by atoms with Gasteiger partial charge < -0.3 is 10.2 Å². The van der Waals surface area contributed by atoms with Crippen molar-refractivity contribution in [3.8, 4) is 0 Å². The maximum Gasteiger partial charge on any atom is 0.223 e. The van der Waals surface area contributed by atoms with E-state index in [0.717, 1.165) is 34.4 Å². The van der Waals surface area contributed by atoms with Gasteiger partial charge in [-0.2, -0.15) is 0 Å². The van der Waals surface area contributed by atoms with Gasteiger partial charge in [0.25, 0.3) is 0 Å². The zero-order valence-electron chi connectivity index (χ0n) is 10.6. The van der Waals surface area contributed by atoms with Gasteiger partial charge in [0.15, 0.2) is 0 Å². The molecule has 18 heavy (non-hydrogen) atoms. The van der Waals surface area contributed by atoms with E-state index in [9.17, 15) is 4.79 Å². The van der Waals surface area contributed by atoms with Gasteiger partial charge in [0.05, 0.1) is 3.79 Å². The number of amides is 1. The first-order valence-corrected chi connectivity index (χ1v) is 8.40. The van der Waals surface area contributed by atoms with E-state index in [0.29, 0.717) is 6.42 Å². The number of thiophene rings is 1. The Bertz CT molecular complexity index is 372. The maximum atomic E-state index is 11.7. The standard InChI is InChI=1S/C12H18Br2N2OS/c1-3-16(4-2)11(17)5-6-15-8-9-7-10(13)12(14)18-9/h7,15H,3-6,8H2,1-2H3. The number of carbonyl (C=O) groups excluding carboxylic acids is 1. The van der Waals surface area contributed by atoms with Gasteiger partial charge in [0.1, 0.15) is 0 Å². The van der Waals surface area contributed by atoms with Crippen LogP contribution in [0.3, 0.4) is 0 Å². The second-order valence-corrected chi connectivity index (χ2v) is 7.14. The molecule has 0 saturated heterocycles. The predicted molar refractivity (Wildman–Crippen MR) is 84.0 cm³/mol. The van der Waals surface area contributed by atoms with Crippen LogP contribution >= 0.6 is 43.2 Å². The lowest BCUT2D eigenvalue weighted by molar-refractivity contribution is -0.130. The molecule has 0 bridgehead atoms. The van der Waals surface area contributed by atoms with E-state index in [1.165, 1.54) is 4.88 Å². The Balaban J connectivity index is 2.24. The molecule has 0 radical (unpaired) electrons. The van der Waals surface area contributed by atoms with Crippen molar-refractivity contribution in [2.24, 2.45) is 0 Å². The number of nitrogens with one attached hydrogen (secondary N) is 1. The fourth-order valence-corrected chi connectivity index (χ4v) is 3.77. The topological polar surface area (TPSA) is 32.3 Å². The van der Waals surface area contributed by atoms with E-state index in [2.05, 4.69) is 43.2 Å². The van der Waals surface area contributed by atoms with Crippen molar-refractivity contribution in [3.63, 3.8) is 0 Å². The van der Waals surface area contributed by atoms with Gasteiger partial charge in [0, 0.05) is 41.9 Å². The largest absolute Gasteiger partial charge is 0.343 e. The second-order valence-electron chi connectivity index (χ2n) is 3.83. The minimum atomic E-state index is 0.223. The van der Waals surface area contributed by atoms with Gasteiger partial charge in [-0.15, -0.1) is 11.3 Å². The minimum absolute atomic E-state index is 0.223. The molecule has 0 aliphatic carbocycles. The summed E-state index contributed by atoms with van der Waals surface area (Å²) in [4.78, 5) is 14.9. The normalized spacial score (nSPS) is 10.7. The van der Waals surface area contributed by atoms with E-state index in [1.807, 2.05) is 18.7 Å². The molecule has 0 atom stereocenters. The molecular formula is C12H18Br2N2OS. The van der Waals surface area contributed by atoms with Crippen molar-refractivity contribution in [1.29, 1.82) is 0 Å². The van der Waals surface area contributed by atoms with Crippen molar-refractivity contribution in [1.82, 2.24) is 10.2 Å². The van der Waals surface area contributed by atoms with Crippen LogP contribution in [0.4, 0.5) is 0 Å². The number of carbonyl (C=O) groups is 1. The summed E-state index contributed by atoms with van der Waals surface area (Å²) in [5.41, 5.74) is 0. The fraction of sp³-hybridized carbons (Fsp3) is 0.583. The lowest BCUT2D eigenvalue weighted by Crippen LogP contribution is -2.32. The highest BCUT2D eigenvalue weighted by molar-refractivity contribution is 9.13. The molecule has 0 aliphatic rings. The van der Waals surface area contributed by atoms with Gasteiger partial charge in [-0.05, 0) is 51.8 Å². The van der Waals surface area contributed by atoms with Crippen LogP contribution in [-0.2, 0) is 11.3 Å². The maximum absolute atomic E-state index is 11.7. The summed E-state index contributed by atoms with van der Waals surface area (Å²) >= 11 is 8.63. The summed E-state index contributed by atoms with van der Waals surface area (Å²) in [6, 6.07) is 2.09. The van der Waals surface area contributed by atoms with E-state index >= 15 is 0 Å². The first kappa shape index (κ1) is 16.1. The molecule has 1 rings (SSSR count). The molecular weight excluding hydrogens is 380 g/mol. The van der Waals surface area contributed by atoms with E-state index in [-0.39, 0.29) is 5.91 Å².